The number of nitrogens with zero attached hydrogens (tertiary/aromatic N) is 1. The standard InChI is InChI=1S/C12H14BrNO2/c1-8-6-9(12(16)10(13)7-8)11(15)4-5-14(2)3/h4-7,16H,1-3H3/b5-4+. The number of ketones is 1. The minimum atomic E-state index is -0.212. The first-order valence-electron chi connectivity index (χ1n) is 4.80. The molecule has 86 valence electrons. The molecule has 0 aliphatic heterocycles. The summed E-state index contributed by atoms with van der Waals surface area (Å²) in [6, 6.07) is 3.43. The van der Waals surface area contributed by atoms with Crippen LogP contribution in [0.1, 0.15) is 15.9 Å². The fraction of sp³-hybridized carbons (Fsp3) is 0.250. The molecule has 0 spiro atoms. The molecule has 0 aliphatic rings. The van der Waals surface area contributed by atoms with E-state index >= 15 is 0 Å². The number of benzene rings is 1. The lowest BCUT2D eigenvalue weighted by molar-refractivity contribution is 0.104. The van der Waals surface area contributed by atoms with Crippen molar-refractivity contribution in [3.63, 3.8) is 0 Å². The Hall–Kier alpha value is -1.29. The minimum absolute atomic E-state index is 0.0148. The van der Waals surface area contributed by atoms with Gasteiger partial charge in [-0.3, -0.25) is 4.79 Å². The maximum Gasteiger partial charge on any atom is 0.191 e. The molecule has 0 bridgehead atoms. The molecular formula is C12H14BrNO2. The van der Waals surface area contributed by atoms with Gasteiger partial charge < -0.3 is 10.0 Å². The van der Waals surface area contributed by atoms with E-state index in [0.717, 1.165) is 5.56 Å². The maximum atomic E-state index is 11.8. The summed E-state index contributed by atoms with van der Waals surface area (Å²) in [7, 11) is 3.66. The van der Waals surface area contributed by atoms with Crippen LogP contribution in [0.2, 0.25) is 0 Å². The quantitative estimate of drug-likeness (QED) is 0.685. The van der Waals surface area contributed by atoms with Gasteiger partial charge in [0.15, 0.2) is 5.78 Å². The van der Waals surface area contributed by atoms with Gasteiger partial charge in [-0.25, -0.2) is 0 Å². The number of carbonyl (C=O) groups is 1. The second kappa shape index (κ2) is 5.16. The van der Waals surface area contributed by atoms with E-state index in [-0.39, 0.29) is 11.5 Å². The zero-order valence-electron chi connectivity index (χ0n) is 9.49. The second-order valence-corrected chi connectivity index (χ2v) is 4.64. The summed E-state index contributed by atoms with van der Waals surface area (Å²) in [4.78, 5) is 13.5. The Morgan fingerprint density at radius 2 is 2.06 bits per heavy atom. The van der Waals surface area contributed by atoms with Gasteiger partial charge in [-0.15, -0.1) is 0 Å². The zero-order chi connectivity index (χ0) is 12.3. The third-order valence-electron chi connectivity index (χ3n) is 2.00. The zero-order valence-corrected chi connectivity index (χ0v) is 11.1. The molecule has 1 N–H and O–H groups in total. The average molecular weight is 284 g/mol. The van der Waals surface area contributed by atoms with Crippen molar-refractivity contribution in [1.82, 2.24) is 4.90 Å². The Morgan fingerprint density at radius 1 is 1.44 bits per heavy atom. The molecule has 0 unspecified atom stereocenters. The maximum absolute atomic E-state index is 11.8. The third kappa shape index (κ3) is 3.10. The number of phenolic OH excluding ortho intramolecular Hbond substituents is 1. The lowest BCUT2D eigenvalue weighted by Crippen LogP contribution is -2.03. The molecule has 1 rings (SSSR count). The summed E-state index contributed by atoms with van der Waals surface area (Å²) in [5.41, 5.74) is 1.23. The average Bonchev–Trinajstić information content (AvgIpc) is 2.19. The van der Waals surface area contributed by atoms with E-state index < -0.39 is 0 Å². The third-order valence-corrected chi connectivity index (χ3v) is 2.60. The Labute approximate surface area is 104 Å². The van der Waals surface area contributed by atoms with E-state index in [9.17, 15) is 9.90 Å². The van der Waals surface area contributed by atoms with Gasteiger partial charge in [0, 0.05) is 26.4 Å². The summed E-state index contributed by atoms with van der Waals surface area (Å²) in [5, 5.41) is 9.74. The number of aromatic hydroxyl groups is 1. The number of hydrogen-bond acceptors (Lipinski definition) is 3. The molecule has 0 aliphatic carbocycles. The molecule has 1 aromatic rings. The Bertz CT molecular complexity index is 439. The van der Waals surface area contributed by atoms with Gasteiger partial charge in [0.2, 0.25) is 0 Å². The number of rotatable bonds is 3. The Balaban J connectivity index is 3.09. The van der Waals surface area contributed by atoms with Crippen molar-refractivity contribution in [2.75, 3.05) is 14.1 Å². The number of allylic oxidation sites excluding steroid dienone is 1. The van der Waals surface area contributed by atoms with Crippen molar-refractivity contribution in [3.05, 3.63) is 40.0 Å². The topological polar surface area (TPSA) is 40.5 Å². The van der Waals surface area contributed by atoms with E-state index in [4.69, 9.17) is 0 Å². The predicted molar refractivity (Wildman–Crippen MR) is 67.7 cm³/mol. The van der Waals surface area contributed by atoms with Crippen molar-refractivity contribution in [3.8, 4) is 5.75 Å². The number of hydrogen-bond donors (Lipinski definition) is 1. The molecule has 1 aromatic carbocycles. The summed E-state index contributed by atoms with van der Waals surface area (Å²) in [5.74, 6) is -0.227. The number of halogens is 1. The highest BCUT2D eigenvalue weighted by Crippen LogP contribution is 2.29. The molecule has 0 radical (unpaired) electrons. The summed E-state index contributed by atoms with van der Waals surface area (Å²) < 4.78 is 0.536. The van der Waals surface area contributed by atoms with Crippen LogP contribution in [0.3, 0.4) is 0 Å². The van der Waals surface area contributed by atoms with Crippen molar-refractivity contribution in [2.24, 2.45) is 0 Å². The van der Waals surface area contributed by atoms with Gasteiger partial charge in [0.1, 0.15) is 5.75 Å². The van der Waals surface area contributed by atoms with Crippen LogP contribution in [0.25, 0.3) is 0 Å². The number of carbonyl (C=O) groups excluding carboxylic acids is 1. The molecule has 0 atom stereocenters. The molecule has 0 fully saturated rings. The fourth-order valence-electron chi connectivity index (χ4n) is 1.23. The normalized spacial score (nSPS) is 10.8. The van der Waals surface area contributed by atoms with Crippen LogP contribution >= 0.6 is 15.9 Å². The highest BCUT2D eigenvalue weighted by Gasteiger charge is 2.11. The lowest BCUT2D eigenvalue weighted by Gasteiger charge is -2.06. The first-order chi connectivity index (χ1) is 7.41. The largest absolute Gasteiger partial charge is 0.506 e. The van der Waals surface area contributed by atoms with E-state index in [1.54, 1.807) is 23.2 Å². The Morgan fingerprint density at radius 3 is 2.62 bits per heavy atom. The minimum Gasteiger partial charge on any atom is -0.506 e. The van der Waals surface area contributed by atoms with Crippen LogP contribution in [-0.4, -0.2) is 29.9 Å². The molecular weight excluding hydrogens is 270 g/mol. The van der Waals surface area contributed by atoms with Crippen molar-refractivity contribution < 1.29 is 9.90 Å². The molecule has 4 heteroatoms. The van der Waals surface area contributed by atoms with Gasteiger partial charge in [-0.1, -0.05) is 0 Å². The lowest BCUT2D eigenvalue weighted by atomic mass is 10.1. The second-order valence-electron chi connectivity index (χ2n) is 3.79. The molecule has 0 saturated carbocycles. The van der Waals surface area contributed by atoms with Gasteiger partial charge in [0.25, 0.3) is 0 Å². The van der Waals surface area contributed by atoms with Crippen LogP contribution in [0, 0.1) is 6.92 Å². The SMILES string of the molecule is Cc1cc(Br)c(O)c(C(=O)/C=C/N(C)C)c1. The molecule has 0 aromatic heterocycles. The molecule has 3 nitrogen and oxygen atoms in total. The van der Waals surface area contributed by atoms with Crippen LogP contribution in [-0.2, 0) is 0 Å². The predicted octanol–water partition coefficient (Wildman–Crippen LogP) is 2.72. The highest BCUT2D eigenvalue weighted by molar-refractivity contribution is 9.10. The first-order valence-corrected chi connectivity index (χ1v) is 5.59. The first kappa shape index (κ1) is 12.8. The van der Waals surface area contributed by atoms with E-state index in [1.165, 1.54) is 6.08 Å². The van der Waals surface area contributed by atoms with Gasteiger partial charge in [-0.05, 0) is 40.5 Å². The van der Waals surface area contributed by atoms with Gasteiger partial charge >= 0.3 is 0 Å². The summed E-state index contributed by atoms with van der Waals surface area (Å²) >= 11 is 3.21. The van der Waals surface area contributed by atoms with Crippen LogP contribution in [0.5, 0.6) is 5.75 Å². The smallest absolute Gasteiger partial charge is 0.191 e. The highest BCUT2D eigenvalue weighted by atomic mass is 79.9. The van der Waals surface area contributed by atoms with Crippen molar-refractivity contribution in [2.45, 2.75) is 6.92 Å². The monoisotopic (exact) mass is 283 g/mol. The molecule has 16 heavy (non-hydrogen) atoms. The number of aryl methyl sites for hydroxylation is 1. The molecule has 0 amide bonds. The van der Waals surface area contributed by atoms with Crippen LogP contribution < -0.4 is 0 Å². The van der Waals surface area contributed by atoms with Crippen molar-refractivity contribution in [1.29, 1.82) is 0 Å². The fourth-order valence-corrected chi connectivity index (χ4v) is 1.80. The van der Waals surface area contributed by atoms with Crippen molar-refractivity contribution >= 4 is 21.7 Å². The number of phenols is 1. The molecule has 0 heterocycles. The Kier molecular flexibility index (Phi) is 4.12. The van der Waals surface area contributed by atoms with Crippen LogP contribution in [0.4, 0.5) is 0 Å². The summed E-state index contributed by atoms with van der Waals surface area (Å²) in [6.07, 6.45) is 3.08. The van der Waals surface area contributed by atoms with E-state index in [1.807, 2.05) is 21.0 Å². The molecule has 0 saturated heterocycles. The van der Waals surface area contributed by atoms with Gasteiger partial charge in [-0.2, -0.15) is 0 Å². The van der Waals surface area contributed by atoms with E-state index in [2.05, 4.69) is 15.9 Å². The van der Waals surface area contributed by atoms with Crippen LogP contribution in [0.15, 0.2) is 28.9 Å². The van der Waals surface area contributed by atoms with E-state index in [0.29, 0.717) is 10.0 Å². The van der Waals surface area contributed by atoms with Gasteiger partial charge in [0.05, 0.1) is 10.0 Å². The summed E-state index contributed by atoms with van der Waals surface area (Å²) in [6.45, 7) is 1.87.